The number of nitrogens with one attached hydrogen (secondary N) is 3. The number of amides is 2. The highest BCUT2D eigenvalue weighted by atomic mass is 35.5. The Hall–Kier alpha value is -3.21. The highest BCUT2D eigenvalue weighted by Crippen LogP contribution is 2.26. The molecular formula is C20H13ClFN3O4S2. The number of thiophene rings is 1. The molecule has 7 nitrogen and oxygen atoms in total. The van der Waals surface area contributed by atoms with E-state index in [0.717, 1.165) is 17.4 Å². The largest absolute Gasteiger partial charge is 0.360 e. The van der Waals surface area contributed by atoms with Gasteiger partial charge in [0.15, 0.2) is 5.43 Å². The number of sulfonamides is 1. The average molecular weight is 478 g/mol. The summed E-state index contributed by atoms with van der Waals surface area (Å²) < 4.78 is 41.0. The summed E-state index contributed by atoms with van der Waals surface area (Å²) in [5.74, 6) is -0.758. The van der Waals surface area contributed by atoms with Gasteiger partial charge < -0.3 is 10.3 Å². The van der Waals surface area contributed by atoms with Gasteiger partial charge in [0.1, 0.15) is 10.0 Å². The van der Waals surface area contributed by atoms with Gasteiger partial charge in [0.2, 0.25) is 0 Å². The highest BCUT2D eigenvalue weighted by Gasteiger charge is 2.20. The summed E-state index contributed by atoms with van der Waals surface area (Å²) >= 11 is 6.51. The third-order valence-corrected chi connectivity index (χ3v) is 7.40. The molecule has 2 heterocycles. The molecule has 31 heavy (non-hydrogen) atoms. The molecule has 3 N–H and O–H groups in total. The molecular weight excluding hydrogens is 465 g/mol. The lowest BCUT2D eigenvalue weighted by Crippen LogP contribution is -2.33. The number of benzene rings is 2. The quantitative estimate of drug-likeness (QED) is 0.400. The Morgan fingerprint density at radius 3 is 2.55 bits per heavy atom. The fraction of sp³-hybridized carbons (Fsp3) is 0. The van der Waals surface area contributed by atoms with Crippen molar-refractivity contribution in [1.82, 2.24) is 9.71 Å². The molecule has 0 saturated carbocycles. The van der Waals surface area contributed by atoms with Gasteiger partial charge in [0.25, 0.3) is 10.0 Å². The molecule has 0 saturated heterocycles. The fourth-order valence-electron chi connectivity index (χ4n) is 2.95. The lowest BCUT2D eigenvalue weighted by Gasteiger charge is -2.10. The van der Waals surface area contributed by atoms with Crippen LogP contribution in [0.3, 0.4) is 0 Å². The van der Waals surface area contributed by atoms with E-state index in [9.17, 15) is 22.4 Å². The Morgan fingerprint density at radius 1 is 1.06 bits per heavy atom. The van der Waals surface area contributed by atoms with E-state index >= 15 is 0 Å². The minimum Gasteiger partial charge on any atom is -0.360 e. The molecule has 2 aromatic heterocycles. The predicted octanol–water partition coefficient (Wildman–Crippen LogP) is 4.56. The topological polar surface area (TPSA) is 108 Å². The molecule has 0 spiro atoms. The molecule has 0 radical (unpaired) electrons. The van der Waals surface area contributed by atoms with Gasteiger partial charge in [0.05, 0.1) is 4.34 Å². The van der Waals surface area contributed by atoms with Crippen LogP contribution in [0.25, 0.3) is 22.0 Å². The van der Waals surface area contributed by atoms with E-state index in [4.69, 9.17) is 11.6 Å². The number of para-hydroxylation sites is 1. The summed E-state index contributed by atoms with van der Waals surface area (Å²) in [5, 5.41) is 2.67. The standard InChI is InChI=1S/C20H13ClFN3O4S2/c21-17-7-8-18(30-17)31(28,29)25-20(27)24-11-5-6-12(15(22)9-11)14-10-23-16-4-2-1-3-13(16)19(14)26/h1-10H,(H,23,26)(H2,24,25,27). The van der Waals surface area contributed by atoms with Crippen LogP contribution in [-0.4, -0.2) is 19.4 Å². The summed E-state index contributed by atoms with van der Waals surface area (Å²) in [4.78, 5) is 27.7. The second-order valence-corrected chi connectivity index (χ2v) is 10.0. The number of hydrogen-bond acceptors (Lipinski definition) is 5. The second-order valence-electron chi connectivity index (χ2n) is 6.39. The molecule has 0 unspecified atom stereocenters. The summed E-state index contributed by atoms with van der Waals surface area (Å²) in [7, 11) is -4.11. The lowest BCUT2D eigenvalue weighted by molar-refractivity contribution is 0.256. The van der Waals surface area contributed by atoms with Gasteiger partial charge in [-0.25, -0.2) is 22.3 Å². The van der Waals surface area contributed by atoms with Gasteiger partial charge in [-0.15, -0.1) is 11.3 Å². The number of pyridine rings is 1. The first-order valence-corrected chi connectivity index (χ1v) is 11.4. The Morgan fingerprint density at radius 2 is 1.84 bits per heavy atom. The van der Waals surface area contributed by atoms with Crippen LogP contribution >= 0.6 is 22.9 Å². The normalized spacial score (nSPS) is 11.4. The summed E-state index contributed by atoms with van der Waals surface area (Å²) in [6.07, 6.45) is 1.42. The van der Waals surface area contributed by atoms with Crippen LogP contribution in [0.5, 0.6) is 0 Å². The first kappa shape index (κ1) is 21.0. The van der Waals surface area contributed by atoms with E-state index in [1.807, 2.05) is 4.72 Å². The Kier molecular flexibility index (Phi) is 5.52. The Bertz CT molecular complexity index is 1480. The molecule has 0 aliphatic rings. The maximum atomic E-state index is 14.7. The van der Waals surface area contributed by atoms with Crippen molar-refractivity contribution in [2.75, 3.05) is 5.32 Å². The van der Waals surface area contributed by atoms with Crippen LogP contribution < -0.4 is 15.5 Å². The predicted molar refractivity (Wildman–Crippen MR) is 119 cm³/mol. The fourth-order valence-corrected chi connectivity index (χ4v) is 5.34. The highest BCUT2D eigenvalue weighted by molar-refractivity contribution is 7.92. The number of urea groups is 1. The van der Waals surface area contributed by atoms with Crippen molar-refractivity contribution in [1.29, 1.82) is 0 Å². The zero-order valence-electron chi connectivity index (χ0n) is 15.5. The number of rotatable bonds is 4. The molecule has 0 aliphatic carbocycles. The van der Waals surface area contributed by atoms with E-state index in [1.165, 1.54) is 30.5 Å². The minimum absolute atomic E-state index is 0.00961. The number of halogens is 2. The van der Waals surface area contributed by atoms with Gasteiger partial charge in [-0.1, -0.05) is 23.7 Å². The molecule has 4 aromatic rings. The van der Waals surface area contributed by atoms with Gasteiger partial charge in [-0.2, -0.15) is 0 Å². The van der Waals surface area contributed by atoms with Crippen molar-refractivity contribution in [2.24, 2.45) is 0 Å². The summed E-state index contributed by atoms with van der Waals surface area (Å²) in [6.45, 7) is 0. The molecule has 11 heteroatoms. The Labute approximate surface area is 184 Å². The molecule has 2 amide bonds. The molecule has 0 atom stereocenters. The van der Waals surface area contributed by atoms with E-state index in [1.54, 1.807) is 24.3 Å². The maximum Gasteiger partial charge on any atom is 0.333 e. The molecule has 0 bridgehead atoms. The van der Waals surface area contributed by atoms with Crippen molar-refractivity contribution in [3.63, 3.8) is 0 Å². The van der Waals surface area contributed by atoms with E-state index < -0.39 is 21.9 Å². The summed E-state index contributed by atoms with van der Waals surface area (Å²) in [5.41, 5.74) is 0.464. The van der Waals surface area contributed by atoms with E-state index in [0.29, 0.717) is 10.9 Å². The first-order chi connectivity index (χ1) is 14.7. The molecule has 2 aromatic carbocycles. The van der Waals surface area contributed by atoms with Crippen LogP contribution in [0.2, 0.25) is 4.34 Å². The third-order valence-electron chi connectivity index (χ3n) is 4.35. The first-order valence-electron chi connectivity index (χ1n) is 8.74. The number of fused-ring (bicyclic) bond motifs is 1. The number of carbonyl (C=O) groups excluding carboxylic acids is 1. The van der Waals surface area contributed by atoms with Crippen LogP contribution in [0.4, 0.5) is 14.9 Å². The number of hydrogen-bond donors (Lipinski definition) is 3. The van der Waals surface area contributed by atoms with Gasteiger partial charge in [-0.05, 0) is 42.5 Å². The maximum absolute atomic E-state index is 14.7. The third kappa shape index (κ3) is 4.31. The minimum atomic E-state index is -4.11. The van der Waals surface area contributed by atoms with Crippen molar-refractivity contribution < 1.29 is 17.6 Å². The number of aromatic amines is 1. The van der Waals surface area contributed by atoms with Crippen LogP contribution in [0.15, 0.2) is 69.8 Å². The van der Waals surface area contributed by atoms with Crippen molar-refractivity contribution in [2.45, 2.75) is 4.21 Å². The van der Waals surface area contributed by atoms with E-state index in [-0.39, 0.29) is 30.8 Å². The van der Waals surface area contributed by atoms with Crippen molar-refractivity contribution in [3.8, 4) is 11.1 Å². The Balaban J connectivity index is 1.56. The van der Waals surface area contributed by atoms with Crippen molar-refractivity contribution in [3.05, 3.63) is 81.2 Å². The van der Waals surface area contributed by atoms with Gasteiger partial charge >= 0.3 is 6.03 Å². The summed E-state index contributed by atoms with van der Waals surface area (Å²) in [6, 6.07) is 12.1. The smallest absolute Gasteiger partial charge is 0.333 e. The number of carbonyl (C=O) groups is 1. The number of H-pyrrole nitrogens is 1. The number of anilines is 1. The molecule has 4 rings (SSSR count). The van der Waals surface area contributed by atoms with Crippen LogP contribution in [-0.2, 0) is 10.0 Å². The second kappa shape index (κ2) is 8.14. The SMILES string of the molecule is O=C(Nc1ccc(-c2c[nH]c3ccccc3c2=O)c(F)c1)NS(=O)(=O)c1ccc(Cl)s1. The average Bonchev–Trinajstić information content (AvgIpc) is 3.16. The molecule has 0 fully saturated rings. The van der Waals surface area contributed by atoms with Crippen LogP contribution in [0, 0.1) is 5.82 Å². The van der Waals surface area contributed by atoms with E-state index in [2.05, 4.69) is 10.3 Å². The van der Waals surface area contributed by atoms with Gasteiger partial charge in [0, 0.05) is 33.9 Å². The zero-order valence-corrected chi connectivity index (χ0v) is 17.9. The molecule has 158 valence electrons. The van der Waals surface area contributed by atoms with Crippen molar-refractivity contribution >= 4 is 55.6 Å². The number of aromatic nitrogens is 1. The monoisotopic (exact) mass is 477 g/mol. The zero-order chi connectivity index (χ0) is 22.2. The molecule has 0 aliphatic heterocycles. The van der Waals surface area contributed by atoms with Gasteiger partial charge in [-0.3, -0.25) is 4.79 Å². The lowest BCUT2D eigenvalue weighted by atomic mass is 10.0. The van der Waals surface area contributed by atoms with Crippen LogP contribution in [0.1, 0.15) is 0 Å².